The molecule has 5 aromatic rings. The maximum absolute atomic E-state index is 11.1. The Balaban J connectivity index is 0.000000337. The number of rotatable bonds is 9. The molecule has 0 unspecified atom stereocenters. The number of hydrogen-bond acceptors (Lipinski definition) is 7. The van der Waals surface area contributed by atoms with E-state index in [0.29, 0.717) is 0 Å². The Morgan fingerprint density at radius 2 is 0.543 bits per heavy atom. The summed E-state index contributed by atoms with van der Waals surface area (Å²) >= 11 is 0. The topological polar surface area (TPSA) is 103 Å². The van der Waals surface area contributed by atoms with Gasteiger partial charge in [0, 0.05) is 33.0 Å². The molecule has 0 saturated carbocycles. The molecule has 0 aliphatic rings. The van der Waals surface area contributed by atoms with Crippen LogP contribution in [0.5, 0.6) is 23.0 Å². The van der Waals surface area contributed by atoms with Gasteiger partial charge in [-0.3, -0.25) is 0 Å². The predicted octanol–water partition coefficient (Wildman–Crippen LogP) is 4.47. The Morgan fingerprint density at radius 3 is 0.696 bits per heavy atom. The zero-order chi connectivity index (χ0) is 33.4. The largest absolute Gasteiger partial charge is 0.497 e. The maximum atomic E-state index is 11.1. The molecular weight excluding hydrogens is 586 g/mol. The highest BCUT2D eigenvalue weighted by Crippen LogP contribution is 2.44. The van der Waals surface area contributed by atoms with Crippen molar-refractivity contribution in [1.82, 2.24) is 13.7 Å². The molecule has 0 aliphatic heterocycles. The van der Waals surface area contributed by atoms with E-state index in [2.05, 4.69) is 48.5 Å². The lowest BCUT2D eigenvalue weighted by molar-refractivity contribution is 0.413. The molecule has 0 N–H and O–H groups in total. The van der Waals surface area contributed by atoms with Gasteiger partial charge in [-0.2, -0.15) is 0 Å². The normalized spacial score (nSPS) is 10.7. The third kappa shape index (κ3) is 7.23. The minimum Gasteiger partial charge on any atom is -0.497 e. The molecule has 1 heterocycles. The van der Waals surface area contributed by atoms with Gasteiger partial charge in [-0.1, -0.05) is 48.5 Å². The lowest BCUT2D eigenvalue weighted by Crippen LogP contribution is -2.51. The zero-order valence-corrected chi connectivity index (χ0v) is 27.1. The van der Waals surface area contributed by atoms with Crippen molar-refractivity contribution in [2.45, 2.75) is 11.8 Å². The summed E-state index contributed by atoms with van der Waals surface area (Å²) in [5.74, 6) is 3.45. The van der Waals surface area contributed by atoms with Gasteiger partial charge in [-0.05, 0) is 70.8 Å². The van der Waals surface area contributed by atoms with Crippen molar-refractivity contribution in [1.29, 1.82) is 0 Å². The quantitative estimate of drug-likeness (QED) is 0.238. The molecule has 0 radical (unpaired) electrons. The summed E-state index contributed by atoms with van der Waals surface area (Å²) in [7, 11) is 10.7. The van der Waals surface area contributed by atoms with E-state index in [1.54, 1.807) is 28.4 Å². The van der Waals surface area contributed by atoms with Crippen LogP contribution in [0.1, 0.15) is 34.1 Å². The highest BCUT2D eigenvalue weighted by Gasteiger charge is 2.28. The van der Waals surface area contributed by atoms with Crippen molar-refractivity contribution in [3.8, 4) is 23.0 Å². The molecule has 0 saturated heterocycles. The van der Waals surface area contributed by atoms with Gasteiger partial charge in [0.15, 0.2) is 0 Å². The van der Waals surface area contributed by atoms with Gasteiger partial charge < -0.3 is 18.9 Å². The minimum atomic E-state index is -0.608. The molecule has 0 fully saturated rings. The maximum Gasteiger partial charge on any atom is 0.335 e. The number of ether oxygens (including phenoxy) is 4. The zero-order valence-electron chi connectivity index (χ0n) is 27.1. The second kappa shape index (κ2) is 15.0. The molecule has 0 aliphatic carbocycles. The average Bonchev–Trinajstić information content (AvgIpc) is 3.12. The molecule has 0 atom stereocenters. The fourth-order valence-corrected chi connectivity index (χ4v) is 5.32. The van der Waals surface area contributed by atoms with Crippen molar-refractivity contribution < 1.29 is 18.9 Å². The molecule has 0 bridgehead atoms. The number of methoxy groups -OCH3 is 4. The lowest BCUT2D eigenvalue weighted by atomic mass is 9.73. The van der Waals surface area contributed by atoms with Crippen molar-refractivity contribution in [2.24, 2.45) is 21.1 Å². The third-order valence-corrected chi connectivity index (χ3v) is 7.95. The van der Waals surface area contributed by atoms with Crippen LogP contribution in [0.2, 0.25) is 0 Å². The van der Waals surface area contributed by atoms with E-state index in [-0.39, 0.29) is 11.8 Å². The number of aromatic nitrogens is 3. The van der Waals surface area contributed by atoms with E-state index in [4.69, 9.17) is 18.9 Å². The first-order valence-electron chi connectivity index (χ1n) is 14.5. The van der Waals surface area contributed by atoms with Gasteiger partial charge in [0.05, 0.1) is 28.4 Å². The van der Waals surface area contributed by atoms with Crippen LogP contribution in [0.15, 0.2) is 111 Å². The van der Waals surface area contributed by atoms with Crippen LogP contribution in [0.25, 0.3) is 0 Å². The van der Waals surface area contributed by atoms with E-state index in [0.717, 1.165) is 36.7 Å². The molecule has 10 nitrogen and oxygen atoms in total. The van der Waals surface area contributed by atoms with Gasteiger partial charge in [-0.15, -0.1) is 0 Å². The van der Waals surface area contributed by atoms with Crippen LogP contribution in [-0.4, -0.2) is 42.1 Å². The lowest BCUT2D eigenvalue weighted by Gasteiger charge is -2.30. The molecule has 0 amide bonds. The molecule has 5 rings (SSSR count). The molecule has 240 valence electrons. The Hall–Kier alpha value is -5.51. The third-order valence-electron chi connectivity index (χ3n) is 7.95. The van der Waals surface area contributed by atoms with Crippen LogP contribution in [0.3, 0.4) is 0 Å². The Morgan fingerprint density at radius 1 is 0.370 bits per heavy atom. The predicted molar refractivity (Wildman–Crippen MR) is 178 cm³/mol. The van der Waals surface area contributed by atoms with E-state index in [1.807, 2.05) is 48.5 Å². The van der Waals surface area contributed by atoms with Crippen LogP contribution in [0.4, 0.5) is 0 Å². The first-order valence-corrected chi connectivity index (χ1v) is 14.5. The van der Waals surface area contributed by atoms with Gasteiger partial charge >= 0.3 is 17.1 Å². The number of hydrogen-bond donors (Lipinski definition) is 0. The summed E-state index contributed by atoms with van der Waals surface area (Å²) in [6.07, 6.45) is 0. The van der Waals surface area contributed by atoms with Gasteiger partial charge in [0.1, 0.15) is 23.0 Å². The Labute approximate surface area is 267 Å². The molecule has 1 aromatic heterocycles. The number of nitrogens with zero attached hydrogens (tertiary/aromatic N) is 3. The van der Waals surface area contributed by atoms with Gasteiger partial charge in [-0.25, -0.2) is 28.1 Å². The molecule has 0 spiro atoms. The van der Waals surface area contributed by atoms with E-state index >= 15 is 0 Å². The monoisotopic (exact) mass is 625 g/mol. The summed E-state index contributed by atoms with van der Waals surface area (Å²) in [5, 5.41) is 0. The summed E-state index contributed by atoms with van der Waals surface area (Å²) in [6.45, 7) is 0. The van der Waals surface area contributed by atoms with Crippen molar-refractivity contribution >= 4 is 0 Å². The van der Waals surface area contributed by atoms with Crippen LogP contribution in [0, 0.1) is 0 Å². The van der Waals surface area contributed by atoms with Crippen molar-refractivity contribution in [3.63, 3.8) is 0 Å². The first kappa shape index (κ1) is 33.4. The highest BCUT2D eigenvalue weighted by atomic mass is 16.5. The van der Waals surface area contributed by atoms with E-state index in [1.165, 1.54) is 43.4 Å². The molecule has 10 heteroatoms. The first-order chi connectivity index (χ1) is 22.1. The fourth-order valence-electron chi connectivity index (χ4n) is 5.32. The minimum absolute atomic E-state index is 0.0543. The molecule has 4 aromatic carbocycles. The second-order valence-corrected chi connectivity index (χ2v) is 10.6. The second-order valence-electron chi connectivity index (χ2n) is 10.6. The number of benzene rings is 4. The smallest absolute Gasteiger partial charge is 0.335 e. The van der Waals surface area contributed by atoms with E-state index in [9.17, 15) is 14.4 Å². The summed E-state index contributed by atoms with van der Waals surface area (Å²) < 4.78 is 24.3. The Bertz CT molecular complexity index is 1610. The van der Waals surface area contributed by atoms with E-state index < -0.39 is 17.1 Å². The van der Waals surface area contributed by atoms with Crippen LogP contribution >= 0.6 is 0 Å². The van der Waals surface area contributed by atoms with Crippen LogP contribution in [-0.2, 0) is 21.1 Å². The van der Waals surface area contributed by atoms with Gasteiger partial charge in [0.2, 0.25) is 0 Å². The summed E-state index contributed by atoms with van der Waals surface area (Å²) in [6, 6.07) is 33.3. The SMILES string of the molecule is COc1ccc(C(c2ccc(OC)cc2)C(c2ccc(OC)cc2)c2ccc(OC)cc2)cc1.Cn1c(=O)n(C)c(=O)n(C)c1=O. The average molecular weight is 626 g/mol. The summed E-state index contributed by atoms with van der Waals surface area (Å²) in [5.41, 5.74) is 2.96. The van der Waals surface area contributed by atoms with Crippen molar-refractivity contribution in [2.75, 3.05) is 28.4 Å². The van der Waals surface area contributed by atoms with Crippen molar-refractivity contribution in [3.05, 3.63) is 151 Å². The highest BCUT2D eigenvalue weighted by molar-refractivity contribution is 5.48. The van der Waals surface area contributed by atoms with Crippen LogP contribution < -0.4 is 36.0 Å². The summed E-state index contributed by atoms with van der Waals surface area (Å²) in [4.78, 5) is 33.2. The fraction of sp³-hybridized carbons (Fsp3) is 0.250. The molecular formula is C36H39N3O7. The Kier molecular flexibility index (Phi) is 10.9. The van der Waals surface area contributed by atoms with Gasteiger partial charge in [0.25, 0.3) is 0 Å². The standard InChI is InChI=1S/C30H30O4.C6H9N3O3/c1-31-25-13-5-21(6-14-25)29(22-7-15-26(32-2)16-8-22)30(23-9-17-27(33-3)18-10-23)24-11-19-28(34-4)20-12-24;1-7-4(10)8(2)6(12)9(3)5(7)11/h5-20,29-30H,1-4H3;1-3H3. The molecule has 46 heavy (non-hydrogen) atoms.